The largest absolute Gasteiger partial charge is 0.113 e. The van der Waals surface area contributed by atoms with Gasteiger partial charge in [-0.1, -0.05) is 40.9 Å². The van der Waals surface area contributed by atoms with E-state index < -0.39 is 0 Å². The first kappa shape index (κ1) is 11.7. The van der Waals surface area contributed by atoms with Crippen molar-refractivity contribution >= 4 is 46.4 Å². The highest BCUT2D eigenvalue weighted by Crippen LogP contribution is 2.51. The maximum atomic E-state index is 6.41. The minimum Gasteiger partial charge on any atom is -0.113 e. The van der Waals surface area contributed by atoms with E-state index in [-0.39, 0.29) is 5.38 Å². The van der Waals surface area contributed by atoms with Crippen molar-refractivity contribution in [3.8, 4) is 11.1 Å². The summed E-state index contributed by atoms with van der Waals surface area (Å²) >= 11 is 24.6. The van der Waals surface area contributed by atoms with Gasteiger partial charge in [0.1, 0.15) is 0 Å². The van der Waals surface area contributed by atoms with Gasteiger partial charge >= 0.3 is 0 Å². The quantitative estimate of drug-likeness (QED) is 0.527. The SMILES string of the molecule is Clc1ccc2c(c1)[C@@H](Cl)c1cc(Cl)cc(Cl)c1-2. The molecule has 0 nitrogen and oxygen atoms in total. The van der Waals surface area contributed by atoms with Crippen molar-refractivity contribution in [3.63, 3.8) is 0 Å². The number of hydrogen-bond donors (Lipinski definition) is 0. The molecular formula is C13H6Cl4. The van der Waals surface area contributed by atoms with Crippen molar-refractivity contribution in [1.29, 1.82) is 0 Å². The molecule has 0 amide bonds. The number of rotatable bonds is 0. The first-order chi connectivity index (χ1) is 8.08. The van der Waals surface area contributed by atoms with E-state index in [1.54, 1.807) is 6.07 Å². The zero-order valence-electron chi connectivity index (χ0n) is 8.48. The fraction of sp³-hybridized carbons (Fsp3) is 0.0769. The molecule has 0 radical (unpaired) electrons. The average Bonchev–Trinajstić information content (AvgIpc) is 2.53. The van der Waals surface area contributed by atoms with Crippen LogP contribution in [0.2, 0.25) is 15.1 Å². The summed E-state index contributed by atoms with van der Waals surface area (Å²) in [5, 5.41) is 1.65. The van der Waals surface area contributed by atoms with Crippen molar-refractivity contribution in [2.24, 2.45) is 0 Å². The summed E-state index contributed by atoms with van der Waals surface area (Å²) in [5.41, 5.74) is 3.92. The van der Waals surface area contributed by atoms with Gasteiger partial charge in [0.25, 0.3) is 0 Å². The molecular weight excluding hydrogens is 298 g/mol. The monoisotopic (exact) mass is 302 g/mol. The molecule has 1 aliphatic carbocycles. The molecule has 0 N–H and O–H groups in total. The smallest absolute Gasteiger partial charge is 0.0848 e. The Kier molecular flexibility index (Phi) is 2.79. The fourth-order valence-electron chi connectivity index (χ4n) is 2.22. The van der Waals surface area contributed by atoms with E-state index >= 15 is 0 Å². The molecule has 1 atom stereocenters. The van der Waals surface area contributed by atoms with Crippen LogP contribution < -0.4 is 0 Å². The maximum absolute atomic E-state index is 6.41. The van der Waals surface area contributed by atoms with Crippen LogP contribution in [0.1, 0.15) is 16.5 Å². The second-order valence-electron chi connectivity index (χ2n) is 3.95. The summed E-state index contributed by atoms with van der Waals surface area (Å²) in [6.45, 7) is 0. The summed E-state index contributed by atoms with van der Waals surface area (Å²) in [6.07, 6.45) is 0. The van der Waals surface area contributed by atoms with E-state index in [0.717, 1.165) is 22.3 Å². The summed E-state index contributed by atoms with van der Waals surface area (Å²) in [5.74, 6) is 0. The molecule has 86 valence electrons. The number of hydrogen-bond acceptors (Lipinski definition) is 0. The normalized spacial score (nSPS) is 16.8. The highest BCUT2D eigenvalue weighted by atomic mass is 35.5. The molecule has 0 saturated heterocycles. The number of alkyl halides is 1. The lowest BCUT2D eigenvalue weighted by molar-refractivity contribution is 1.20. The van der Waals surface area contributed by atoms with Crippen molar-refractivity contribution < 1.29 is 0 Å². The Bertz CT molecular complexity index is 619. The van der Waals surface area contributed by atoms with E-state index in [4.69, 9.17) is 46.4 Å². The molecule has 0 aromatic heterocycles. The number of fused-ring (bicyclic) bond motifs is 3. The van der Waals surface area contributed by atoms with Gasteiger partial charge in [-0.15, -0.1) is 11.6 Å². The van der Waals surface area contributed by atoms with Gasteiger partial charge in [0.05, 0.1) is 10.4 Å². The zero-order chi connectivity index (χ0) is 12.2. The minimum absolute atomic E-state index is 0.241. The van der Waals surface area contributed by atoms with Crippen molar-refractivity contribution in [3.05, 3.63) is 56.5 Å². The number of halogens is 4. The van der Waals surface area contributed by atoms with E-state index in [1.165, 1.54) is 0 Å². The van der Waals surface area contributed by atoms with Crippen molar-refractivity contribution in [2.75, 3.05) is 0 Å². The average molecular weight is 304 g/mol. The van der Waals surface area contributed by atoms with Gasteiger partial charge in [-0.3, -0.25) is 0 Å². The van der Waals surface area contributed by atoms with Crippen LogP contribution in [0.25, 0.3) is 11.1 Å². The Morgan fingerprint density at radius 2 is 1.53 bits per heavy atom. The van der Waals surface area contributed by atoms with E-state index in [2.05, 4.69) is 0 Å². The maximum Gasteiger partial charge on any atom is 0.0848 e. The lowest BCUT2D eigenvalue weighted by atomic mass is 10.1. The Morgan fingerprint density at radius 1 is 0.824 bits per heavy atom. The molecule has 0 unspecified atom stereocenters. The van der Waals surface area contributed by atoms with Gasteiger partial charge in [0.2, 0.25) is 0 Å². The zero-order valence-corrected chi connectivity index (χ0v) is 11.5. The second kappa shape index (κ2) is 4.07. The number of benzene rings is 2. The third-order valence-electron chi connectivity index (χ3n) is 2.91. The minimum atomic E-state index is -0.241. The third-order valence-corrected chi connectivity index (χ3v) is 4.14. The van der Waals surface area contributed by atoms with Gasteiger partial charge in [0.15, 0.2) is 0 Å². The standard InChI is InChI=1S/C13H6Cl4/c14-6-1-2-8-9(3-6)13(17)10-4-7(15)5-11(16)12(8)10/h1-5,13H/t13-/m1/s1. The van der Waals surface area contributed by atoms with Gasteiger partial charge in [-0.2, -0.15) is 0 Å². The van der Waals surface area contributed by atoms with Gasteiger partial charge in [-0.05, 0) is 41.0 Å². The van der Waals surface area contributed by atoms with Crippen LogP contribution in [-0.4, -0.2) is 0 Å². The highest BCUT2D eigenvalue weighted by molar-refractivity contribution is 6.38. The predicted octanol–water partition coefficient (Wildman–Crippen LogP) is 5.96. The lowest BCUT2D eigenvalue weighted by Gasteiger charge is -2.05. The summed E-state index contributed by atoms with van der Waals surface area (Å²) in [7, 11) is 0. The van der Waals surface area contributed by atoms with Crippen molar-refractivity contribution in [1.82, 2.24) is 0 Å². The molecule has 0 aliphatic heterocycles. The van der Waals surface area contributed by atoms with Gasteiger partial charge in [-0.25, -0.2) is 0 Å². The molecule has 1 aliphatic rings. The van der Waals surface area contributed by atoms with Gasteiger partial charge < -0.3 is 0 Å². The molecule has 2 aromatic carbocycles. The molecule has 0 heterocycles. The molecule has 2 aromatic rings. The Hall–Kier alpha value is -0.400. The van der Waals surface area contributed by atoms with Crippen LogP contribution in [0.3, 0.4) is 0 Å². The van der Waals surface area contributed by atoms with E-state index in [1.807, 2.05) is 24.3 Å². The molecule has 0 bridgehead atoms. The third kappa shape index (κ3) is 1.75. The molecule has 4 heteroatoms. The highest BCUT2D eigenvalue weighted by Gasteiger charge is 2.29. The summed E-state index contributed by atoms with van der Waals surface area (Å²) in [4.78, 5) is 0. The van der Waals surface area contributed by atoms with E-state index in [9.17, 15) is 0 Å². The summed E-state index contributed by atoms with van der Waals surface area (Å²) < 4.78 is 0. The lowest BCUT2D eigenvalue weighted by Crippen LogP contribution is -1.86. The molecule has 3 rings (SSSR count). The van der Waals surface area contributed by atoms with Crippen LogP contribution in [0, 0.1) is 0 Å². The van der Waals surface area contributed by atoms with Crippen LogP contribution in [-0.2, 0) is 0 Å². The molecule has 0 spiro atoms. The van der Waals surface area contributed by atoms with Crippen LogP contribution in [0.5, 0.6) is 0 Å². The van der Waals surface area contributed by atoms with Crippen LogP contribution in [0.4, 0.5) is 0 Å². The second-order valence-corrected chi connectivity index (χ2v) is 5.66. The predicted molar refractivity (Wildman–Crippen MR) is 74.6 cm³/mol. The van der Waals surface area contributed by atoms with Gasteiger partial charge in [0, 0.05) is 15.6 Å². The topological polar surface area (TPSA) is 0 Å². The molecule has 0 saturated carbocycles. The van der Waals surface area contributed by atoms with Crippen LogP contribution in [0.15, 0.2) is 30.3 Å². The van der Waals surface area contributed by atoms with E-state index in [0.29, 0.717) is 15.1 Å². The first-order valence-electron chi connectivity index (χ1n) is 5.01. The fourth-order valence-corrected chi connectivity index (χ4v) is 3.36. The first-order valence-corrected chi connectivity index (χ1v) is 6.58. The Morgan fingerprint density at radius 3 is 2.29 bits per heavy atom. The van der Waals surface area contributed by atoms with Crippen LogP contribution >= 0.6 is 46.4 Å². The van der Waals surface area contributed by atoms with Crippen molar-refractivity contribution in [2.45, 2.75) is 5.38 Å². The molecule has 17 heavy (non-hydrogen) atoms. The Labute approximate surface area is 119 Å². The summed E-state index contributed by atoms with van der Waals surface area (Å²) in [6, 6.07) is 9.24. The molecule has 0 fully saturated rings. The Balaban J connectivity index is 2.35.